The number of benzene rings is 1. The number of hydrogen-bond acceptors (Lipinski definition) is 1. The lowest BCUT2D eigenvalue weighted by molar-refractivity contribution is -0.120. The number of carbonyl (C=O) groups excluding carboxylic acids is 1. The Morgan fingerprint density at radius 1 is 1.33 bits per heavy atom. The fourth-order valence-electron chi connectivity index (χ4n) is 2.31. The summed E-state index contributed by atoms with van der Waals surface area (Å²) in [5.74, 6) is -0.522. The van der Waals surface area contributed by atoms with Gasteiger partial charge in [0, 0.05) is 11.8 Å². The molecule has 0 aliphatic heterocycles. The molecule has 2 N–H and O–H groups in total. The van der Waals surface area contributed by atoms with Gasteiger partial charge < -0.3 is 5.73 Å². The number of primary amides is 1. The van der Waals surface area contributed by atoms with Crippen molar-refractivity contribution in [2.75, 3.05) is 0 Å². The standard InChI is InChI=1S/C12H14FNO/c13-10-4-2-9(3-5-10)12(6-1-7-12)8-11(14)15/h2-5H,1,6-8H2,(H2,14,15). The summed E-state index contributed by atoms with van der Waals surface area (Å²) >= 11 is 0. The van der Waals surface area contributed by atoms with Gasteiger partial charge in [-0.05, 0) is 30.5 Å². The molecule has 1 saturated carbocycles. The molecule has 2 rings (SSSR count). The molecule has 0 radical (unpaired) electrons. The van der Waals surface area contributed by atoms with E-state index >= 15 is 0 Å². The molecule has 1 aromatic carbocycles. The third-order valence-corrected chi connectivity index (χ3v) is 3.28. The van der Waals surface area contributed by atoms with Gasteiger partial charge in [-0.15, -0.1) is 0 Å². The topological polar surface area (TPSA) is 43.1 Å². The van der Waals surface area contributed by atoms with Crippen LogP contribution in [-0.2, 0) is 10.2 Å². The molecule has 0 saturated heterocycles. The molecule has 2 nitrogen and oxygen atoms in total. The van der Waals surface area contributed by atoms with Crippen molar-refractivity contribution < 1.29 is 9.18 Å². The van der Waals surface area contributed by atoms with Crippen LogP contribution in [0.4, 0.5) is 4.39 Å². The zero-order chi connectivity index (χ0) is 10.9. The summed E-state index contributed by atoms with van der Waals surface area (Å²) in [6.07, 6.45) is 3.44. The Bertz CT molecular complexity index is 368. The highest BCUT2D eigenvalue weighted by molar-refractivity contribution is 5.75. The van der Waals surface area contributed by atoms with Crippen LogP contribution in [0, 0.1) is 5.82 Å². The van der Waals surface area contributed by atoms with Gasteiger partial charge in [-0.3, -0.25) is 4.79 Å². The first-order valence-corrected chi connectivity index (χ1v) is 5.17. The summed E-state index contributed by atoms with van der Waals surface area (Å²) in [5, 5.41) is 0. The van der Waals surface area contributed by atoms with E-state index < -0.39 is 0 Å². The third kappa shape index (κ3) is 1.87. The summed E-state index contributed by atoms with van der Waals surface area (Å²) in [5.41, 5.74) is 6.17. The summed E-state index contributed by atoms with van der Waals surface area (Å²) in [6.45, 7) is 0. The van der Waals surface area contributed by atoms with Crippen LogP contribution in [0.25, 0.3) is 0 Å². The molecule has 15 heavy (non-hydrogen) atoms. The normalized spacial score (nSPS) is 18.2. The largest absolute Gasteiger partial charge is 0.370 e. The van der Waals surface area contributed by atoms with Crippen molar-refractivity contribution in [2.45, 2.75) is 31.1 Å². The van der Waals surface area contributed by atoms with Gasteiger partial charge >= 0.3 is 0 Å². The van der Waals surface area contributed by atoms with Crippen LogP contribution in [0.5, 0.6) is 0 Å². The lowest BCUT2D eigenvalue weighted by atomic mass is 9.62. The highest BCUT2D eigenvalue weighted by Gasteiger charge is 2.39. The van der Waals surface area contributed by atoms with Crippen LogP contribution < -0.4 is 5.73 Å². The van der Waals surface area contributed by atoms with E-state index in [2.05, 4.69) is 0 Å². The Morgan fingerprint density at radius 2 is 1.93 bits per heavy atom. The minimum Gasteiger partial charge on any atom is -0.370 e. The Morgan fingerprint density at radius 3 is 2.33 bits per heavy atom. The minimum absolute atomic E-state index is 0.112. The van der Waals surface area contributed by atoms with E-state index in [9.17, 15) is 9.18 Å². The van der Waals surface area contributed by atoms with Gasteiger partial charge in [-0.25, -0.2) is 4.39 Å². The predicted octanol–water partition coefficient (Wildman–Crippen LogP) is 2.12. The first-order chi connectivity index (χ1) is 7.12. The van der Waals surface area contributed by atoms with E-state index in [4.69, 9.17) is 5.73 Å². The van der Waals surface area contributed by atoms with E-state index in [0.717, 1.165) is 24.8 Å². The van der Waals surface area contributed by atoms with Gasteiger partial charge in [0.25, 0.3) is 0 Å². The molecule has 1 fully saturated rings. The van der Waals surface area contributed by atoms with Crippen molar-refractivity contribution in [1.29, 1.82) is 0 Å². The lowest BCUT2D eigenvalue weighted by Crippen LogP contribution is -2.38. The molecule has 1 aromatic rings. The van der Waals surface area contributed by atoms with Crippen LogP contribution in [0.15, 0.2) is 24.3 Å². The highest BCUT2D eigenvalue weighted by atomic mass is 19.1. The summed E-state index contributed by atoms with van der Waals surface area (Å²) in [7, 11) is 0. The molecule has 0 heterocycles. The minimum atomic E-state index is -0.279. The maximum Gasteiger partial charge on any atom is 0.218 e. The molecule has 80 valence electrons. The molecule has 0 aromatic heterocycles. The third-order valence-electron chi connectivity index (χ3n) is 3.28. The van der Waals surface area contributed by atoms with E-state index in [1.54, 1.807) is 12.1 Å². The molecular weight excluding hydrogens is 193 g/mol. The van der Waals surface area contributed by atoms with E-state index in [1.807, 2.05) is 0 Å². The van der Waals surface area contributed by atoms with Gasteiger partial charge in [0.05, 0.1) is 0 Å². The second-order valence-corrected chi connectivity index (χ2v) is 4.28. The van der Waals surface area contributed by atoms with Gasteiger partial charge in [0.15, 0.2) is 0 Å². The van der Waals surface area contributed by atoms with Gasteiger partial charge in [-0.2, -0.15) is 0 Å². The summed E-state index contributed by atoms with van der Waals surface area (Å²) in [4.78, 5) is 11.0. The van der Waals surface area contributed by atoms with Crippen molar-refractivity contribution >= 4 is 5.91 Å². The van der Waals surface area contributed by atoms with Crippen LogP contribution in [0.3, 0.4) is 0 Å². The van der Waals surface area contributed by atoms with Gasteiger partial charge in [-0.1, -0.05) is 18.6 Å². The van der Waals surface area contributed by atoms with Crippen LogP contribution in [0.2, 0.25) is 0 Å². The number of hydrogen-bond donors (Lipinski definition) is 1. The lowest BCUT2D eigenvalue weighted by Gasteiger charge is -2.41. The quantitative estimate of drug-likeness (QED) is 0.810. The fraction of sp³-hybridized carbons (Fsp3) is 0.417. The Hall–Kier alpha value is -1.38. The Balaban J connectivity index is 2.26. The van der Waals surface area contributed by atoms with Crippen molar-refractivity contribution in [1.82, 2.24) is 0 Å². The van der Waals surface area contributed by atoms with Crippen LogP contribution in [0.1, 0.15) is 31.2 Å². The molecule has 3 heteroatoms. The number of amides is 1. The Labute approximate surface area is 88.3 Å². The molecule has 1 aliphatic carbocycles. The molecule has 0 atom stereocenters. The second-order valence-electron chi connectivity index (χ2n) is 4.28. The van der Waals surface area contributed by atoms with Crippen molar-refractivity contribution in [3.05, 3.63) is 35.6 Å². The number of carbonyl (C=O) groups is 1. The first-order valence-electron chi connectivity index (χ1n) is 5.17. The monoisotopic (exact) mass is 207 g/mol. The zero-order valence-electron chi connectivity index (χ0n) is 8.50. The van der Waals surface area contributed by atoms with E-state index in [1.165, 1.54) is 12.1 Å². The first kappa shape index (κ1) is 10.1. The zero-order valence-corrected chi connectivity index (χ0v) is 8.50. The molecule has 0 bridgehead atoms. The van der Waals surface area contributed by atoms with E-state index in [-0.39, 0.29) is 17.1 Å². The number of nitrogens with two attached hydrogens (primary N) is 1. The summed E-state index contributed by atoms with van der Waals surface area (Å²) in [6, 6.07) is 6.40. The molecule has 1 aliphatic rings. The predicted molar refractivity (Wildman–Crippen MR) is 55.7 cm³/mol. The number of halogens is 1. The average molecular weight is 207 g/mol. The highest BCUT2D eigenvalue weighted by Crippen LogP contribution is 2.46. The molecular formula is C12H14FNO. The molecule has 0 unspecified atom stereocenters. The van der Waals surface area contributed by atoms with Gasteiger partial charge in [0.1, 0.15) is 5.82 Å². The molecule has 0 spiro atoms. The van der Waals surface area contributed by atoms with E-state index in [0.29, 0.717) is 6.42 Å². The average Bonchev–Trinajstić information content (AvgIpc) is 2.13. The van der Waals surface area contributed by atoms with Crippen molar-refractivity contribution in [3.63, 3.8) is 0 Å². The maximum absolute atomic E-state index is 12.8. The SMILES string of the molecule is NC(=O)CC1(c2ccc(F)cc2)CCC1. The second kappa shape index (κ2) is 3.65. The molecule has 1 amide bonds. The summed E-state index contributed by atoms with van der Waals surface area (Å²) < 4.78 is 12.8. The smallest absolute Gasteiger partial charge is 0.218 e. The maximum atomic E-state index is 12.8. The van der Waals surface area contributed by atoms with Gasteiger partial charge in [0.2, 0.25) is 5.91 Å². The number of rotatable bonds is 3. The fourth-order valence-corrected chi connectivity index (χ4v) is 2.31. The van der Waals surface area contributed by atoms with Crippen molar-refractivity contribution in [2.24, 2.45) is 5.73 Å². The Kier molecular flexibility index (Phi) is 2.47. The van der Waals surface area contributed by atoms with Crippen molar-refractivity contribution in [3.8, 4) is 0 Å². The van der Waals surface area contributed by atoms with Crippen LogP contribution in [-0.4, -0.2) is 5.91 Å². The van der Waals surface area contributed by atoms with Crippen LogP contribution >= 0.6 is 0 Å².